The van der Waals surface area contributed by atoms with Gasteiger partial charge in [0.2, 0.25) is 0 Å². The zero-order valence-electron chi connectivity index (χ0n) is 15.1. The summed E-state index contributed by atoms with van der Waals surface area (Å²) in [6, 6.07) is 5.38. The minimum Gasteiger partial charge on any atom is -0.498 e. The normalized spacial score (nSPS) is 8.36. The fourth-order valence-electron chi connectivity index (χ4n) is 1.56. The fourth-order valence-corrected chi connectivity index (χ4v) is 1.56. The molecule has 0 saturated carbocycles. The molecule has 0 aromatic carbocycles. The van der Waals surface area contributed by atoms with Crippen molar-refractivity contribution in [2.75, 3.05) is 21.1 Å². The molecule has 0 fully saturated rings. The van der Waals surface area contributed by atoms with Gasteiger partial charge in [-0.05, 0) is 19.2 Å². The Labute approximate surface area is 196 Å². The van der Waals surface area contributed by atoms with Gasteiger partial charge in [-0.25, -0.2) is 4.98 Å². The van der Waals surface area contributed by atoms with E-state index in [2.05, 4.69) is 24.1 Å². The molecule has 7 nitrogen and oxygen atoms in total. The van der Waals surface area contributed by atoms with E-state index in [4.69, 9.17) is 0 Å². The third-order valence-corrected chi connectivity index (χ3v) is 3.07. The van der Waals surface area contributed by atoms with E-state index in [0.717, 1.165) is 11.3 Å². The Morgan fingerprint density at radius 1 is 1.14 bits per heavy atom. The molecule has 0 unspecified atom stereocenters. The summed E-state index contributed by atoms with van der Waals surface area (Å²) in [5.74, 6) is -0.128. The van der Waals surface area contributed by atoms with Gasteiger partial charge in [0.1, 0.15) is 5.69 Å². The van der Waals surface area contributed by atoms with E-state index in [1.165, 1.54) is 16.7 Å². The van der Waals surface area contributed by atoms with Crippen LogP contribution in [0.2, 0.25) is 0 Å². The zero-order valence-corrected chi connectivity index (χ0v) is 18.0. The first-order valence-electron chi connectivity index (χ1n) is 7.31. The van der Waals surface area contributed by atoms with Crippen LogP contribution in [0.25, 0.3) is 11.3 Å². The fraction of sp³-hybridized carbons (Fsp3) is 0.400. The molecule has 0 spiro atoms. The van der Waals surface area contributed by atoms with Gasteiger partial charge in [0.25, 0.3) is 5.91 Å². The number of rotatable bonds is 3. The Balaban J connectivity index is -0.000000255. The maximum atomic E-state index is 11.8. The molecule has 2 aromatic rings. The Kier molecular flexibility index (Phi) is 19.8. The molecule has 0 aliphatic heterocycles. The number of aromatic nitrogens is 3. The van der Waals surface area contributed by atoms with E-state index in [-0.39, 0.29) is 66.8 Å². The molecule has 2 amide bonds. The van der Waals surface area contributed by atoms with Crippen molar-refractivity contribution >= 4 is 11.8 Å². The van der Waals surface area contributed by atoms with Gasteiger partial charge >= 0.3 is 0 Å². The molecule has 0 aliphatic rings. The van der Waals surface area contributed by atoms with E-state index in [1.54, 1.807) is 38.1 Å². The maximum Gasteiger partial charge on any atom is 0.271 e. The van der Waals surface area contributed by atoms with Gasteiger partial charge in [-0.2, -0.15) is 5.10 Å². The molecule has 28 heavy (non-hydrogen) atoms. The van der Waals surface area contributed by atoms with Gasteiger partial charge in [0.05, 0.1) is 11.9 Å². The van der Waals surface area contributed by atoms with Crippen LogP contribution in [0.3, 0.4) is 0 Å². The van der Waals surface area contributed by atoms with Crippen molar-refractivity contribution in [1.82, 2.24) is 24.6 Å². The Hall–Kier alpha value is -1.60. The standard InChI is InChI=1S/C13H15N4O.C4H8NO.3CH4.Y/c1-4-17-9-10(8-14-17)11-6-5-7-12(15-11)13(18)16(2)3;1-4(6)5(2)3;;;;/h5-9H,1,4H2,2-3H3;2H2,1,3H3;3*1H4;/q2*-1;;;;. The quantitative estimate of drug-likeness (QED) is 0.648. The van der Waals surface area contributed by atoms with Crippen molar-refractivity contribution in [2.24, 2.45) is 0 Å². The van der Waals surface area contributed by atoms with Crippen molar-refractivity contribution in [2.45, 2.75) is 35.7 Å². The van der Waals surface area contributed by atoms with E-state index >= 15 is 0 Å². The van der Waals surface area contributed by atoms with Crippen LogP contribution in [-0.4, -0.2) is 57.5 Å². The van der Waals surface area contributed by atoms with Gasteiger partial charge in [0.15, 0.2) is 5.91 Å². The molecule has 0 N–H and O–H groups in total. The Bertz CT molecular complexity index is 699. The van der Waals surface area contributed by atoms with Crippen LogP contribution < -0.4 is 0 Å². The molecular weight excluding hydrogens is 431 g/mol. The number of pyridine rings is 1. The van der Waals surface area contributed by atoms with Crippen LogP contribution in [0, 0.1) is 14.0 Å². The Morgan fingerprint density at radius 2 is 1.68 bits per heavy atom. The first kappa shape index (κ1) is 33.9. The topological polar surface area (TPSA) is 71.3 Å². The van der Waals surface area contributed by atoms with Crippen LogP contribution in [-0.2, 0) is 44.0 Å². The second kappa shape index (κ2) is 16.4. The van der Waals surface area contributed by atoms with E-state index in [9.17, 15) is 9.59 Å². The molecule has 0 atom stereocenters. The van der Waals surface area contributed by atoms with Crippen LogP contribution in [0.1, 0.15) is 39.7 Å². The minimum atomic E-state index is -0.110. The van der Waals surface area contributed by atoms with Crippen LogP contribution in [0.5, 0.6) is 0 Å². The van der Waals surface area contributed by atoms with Gasteiger partial charge in [0, 0.05) is 65.5 Å². The van der Waals surface area contributed by atoms with E-state index < -0.39 is 0 Å². The third-order valence-electron chi connectivity index (χ3n) is 3.07. The molecule has 0 aliphatic carbocycles. The number of carbonyl (C=O) groups excluding carboxylic acids is 2. The minimum absolute atomic E-state index is 0. The third kappa shape index (κ3) is 10.7. The van der Waals surface area contributed by atoms with Crippen molar-refractivity contribution in [3.63, 3.8) is 0 Å². The number of carbonyl (C=O) groups is 2. The number of hydrogen-bond donors (Lipinski definition) is 0. The van der Waals surface area contributed by atoms with Crippen LogP contribution >= 0.6 is 0 Å². The van der Waals surface area contributed by atoms with Crippen molar-refractivity contribution in [3.05, 3.63) is 50.3 Å². The van der Waals surface area contributed by atoms with Crippen LogP contribution in [0.4, 0.5) is 0 Å². The number of hydrogen-bond acceptors (Lipinski definition) is 4. The summed E-state index contributed by atoms with van der Waals surface area (Å²) in [6.45, 7) is 5.78. The summed E-state index contributed by atoms with van der Waals surface area (Å²) in [5, 5.41) is 4.14. The summed E-state index contributed by atoms with van der Waals surface area (Å²) in [6.07, 6.45) is 3.58. The number of nitrogens with zero attached hydrogens (tertiary/aromatic N) is 5. The summed E-state index contributed by atoms with van der Waals surface area (Å²) < 4.78 is 1.72. The van der Waals surface area contributed by atoms with Gasteiger partial charge in [-0.3, -0.25) is 16.6 Å². The molecule has 0 bridgehead atoms. The molecule has 0 saturated heterocycles. The average molecular weight is 466 g/mol. The first-order valence-corrected chi connectivity index (χ1v) is 7.31. The van der Waals surface area contributed by atoms with Gasteiger partial charge in [-0.15, -0.1) is 0 Å². The van der Waals surface area contributed by atoms with Crippen molar-refractivity contribution in [1.29, 1.82) is 0 Å². The SMILES string of the molecule is C.C.C.[CH2-]Cn1cc(-c2cccc(C(=O)N(C)C)n2)cn1.[CH2-]N(C)C(C)=O.[Y]. The smallest absolute Gasteiger partial charge is 0.271 e. The average Bonchev–Trinajstić information content (AvgIpc) is 3.03. The van der Waals surface area contributed by atoms with Gasteiger partial charge < -0.3 is 21.4 Å². The number of amides is 2. The maximum absolute atomic E-state index is 11.8. The molecule has 2 heterocycles. The van der Waals surface area contributed by atoms with E-state index in [1.807, 2.05) is 18.3 Å². The largest absolute Gasteiger partial charge is 0.498 e. The monoisotopic (exact) mass is 466 g/mol. The Morgan fingerprint density at radius 3 is 2.07 bits per heavy atom. The van der Waals surface area contributed by atoms with Crippen molar-refractivity contribution in [3.8, 4) is 11.3 Å². The van der Waals surface area contributed by atoms with Crippen molar-refractivity contribution < 1.29 is 42.3 Å². The van der Waals surface area contributed by atoms with Gasteiger partial charge in [-0.1, -0.05) is 34.9 Å². The predicted molar refractivity (Wildman–Crippen MR) is 113 cm³/mol. The molecule has 157 valence electrons. The second-order valence-electron chi connectivity index (χ2n) is 5.32. The van der Waals surface area contributed by atoms with E-state index in [0.29, 0.717) is 12.2 Å². The molecule has 2 rings (SSSR count). The molecule has 2 aromatic heterocycles. The summed E-state index contributed by atoms with van der Waals surface area (Å²) >= 11 is 0. The summed E-state index contributed by atoms with van der Waals surface area (Å²) in [7, 11) is 8.35. The zero-order chi connectivity index (χ0) is 18.3. The summed E-state index contributed by atoms with van der Waals surface area (Å²) in [5.41, 5.74) is 2.05. The molecule has 8 heteroatoms. The summed E-state index contributed by atoms with van der Waals surface area (Å²) in [4.78, 5) is 29.0. The first-order chi connectivity index (χ1) is 11.3. The predicted octanol–water partition coefficient (Wildman–Crippen LogP) is 3.64. The second-order valence-corrected chi connectivity index (χ2v) is 5.32. The van der Waals surface area contributed by atoms with Crippen LogP contribution in [0.15, 0.2) is 30.6 Å². The molecular formula is C20H35N5O2Y-2. The molecule has 1 radical (unpaired) electrons.